The predicted octanol–water partition coefficient (Wildman–Crippen LogP) is 2.43. The van der Waals surface area contributed by atoms with Crippen LogP contribution in [0.5, 0.6) is 0 Å². The number of rotatable bonds is 3. The normalized spacial score (nSPS) is 18.9. The van der Waals surface area contributed by atoms with Gasteiger partial charge in [0.05, 0.1) is 24.9 Å². The summed E-state index contributed by atoms with van der Waals surface area (Å²) in [5.74, 6) is 1.22. The van der Waals surface area contributed by atoms with Crippen LogP contribution in [0.3, 0.4) is 0 Å². The maximum Gasteiger partial charge on any atom is 0.216 e. The molecule has 5 rings (SSSR count). The third kappa shape index (κ3) is 3.56. The number of aromatic nitrogens is 5. The molecule has 1 saturated heterocycles. The van der Waals surface area contributed by atoms with Gasteiger partial charge in [-0.1, -0.05) is 0 Å². The summed E-state index contributed by atoms with van der Waals surface area (Å²) in [4.78, 5) is 26.0. The molecule has 2 aliphatic heterocycles. The molecule has 1 unspecified atom stereocenters. The largest absolute Gasteiger partial charge is 0.378 e. The monoisotopic (exact) mass is 407 g/mol. The molecule has 0 amide bonds. The van der Waals surface area contributed by atoms with Gasteiger partial charge in [-0.15, -0.1) is 0 Å². The highest BCUT2D eigenvalue weighted by atomic mass is 19.1. The minimum atomic E-state index is -0.472. The van der Waals surface area contributed by atoms with E-state index in [2.05, 4.69) is 36.7 Å². The van der Waals surface area contributed by atoms with Crippen molar-refractivity contribution in [3.8, 4) is 11.6 Å². The Morgan fingerprint density at radius 3 is 2.60 bits per heavy atom. The van der Waals surface area contributed by atoms with Crippen LogP contribution in [0, 0.1) is 5.95 Å². The van der Waals surface area contributed by atoms with Crippen molar-refractivity contribution >= 4 is 11.5 Å². The highest BCUT2D eigenvalue weighted by Crippen LogP contribution is 2.34. The van der Waals surface area contributed by atoms with E-state index in [0.29, 0.717) is 43.8 Å². The molecule has 9 heteroatoms. The standard InChI is InChI=1S/C21H22FN7O/c1-14-16-13-25-21(20-23-4-2-5-24-20)26-17(16)3-6-29(14)15-11-18(22)27-19(12-15)28-7-9-30-10-8-28/h2,4-5,11-14H,3,6-10H2,1H3. The highest BCUT2D eigenvalue weighted by Gasteiger charge is 2.27. The third-order valence-corrected chi connectivity index (χ3v) is 5.60. The maximum absolute atomic E-state index is 14.4. The molecule has 30 heavy (non-hydrogen) atoms. The molecule has 0 saturated carbocycles. The van der Waals surface area contributed by atoms with Crippen molar-refractivity contribution in [1.82, 2.24) is 24.9 Å². The summed E-state index contributed by atoms with van der Waals surface area (Å²) in [6.45, 7) is 5.51. The van der Waals surface area contributed by atoms with E-state index in [0.717, 1.165) is 29.9 Å². The number of hydrogen-bond donors (Lipinski definition) is 0. The Kier molecular flexibility index (Phi) is 4.96. The average Bonchev–Trinajstić information content (AvgIpc) is 2.80. The Hall–Kier alpha value is -3.20. The highest BCUT2D eigenvalue weighted by molar-refractivity contribution is 5.58. The van der Waals surface area contributed by atoms with E-state index in [1.807, 2.05) is 12.3 Å². The van der Waals surface area contributed by atoms with E-state index in [-0.39, 0.29) is 6.04 Å². The molecular weight excluding hydrogens is 385 g/mol. The predicted molar refractivity (Wildman–Crippen MR) is 110 cm³/mol. The maximum atomic E-state index is 14.4. The first kappa shape index (κ1) is 18.8. The zero-order valence-electron chi connectivity index (χ0n) is 16.7. The topological polar surface area (TPSA) is 80.2 Å². The molecule has 3 aromatic rings. The van der Waals surface area contributed by atoms with Crippen LogP contribution in [-0.4, -0.2) is 57.8 Å². The molecule has 0 N–H and O–H groups in total. The molecule has 0 radical (unpaired) electrons. The van der Waals surface area contributed by atoms with Gasteiger partial charge in [0.25, 0.3) is 0 Å². The van der Waals surface area contributed by atoms with Crippen LogP contribution >= 0.6 is 0 Å². The Bertz CT molecular complexity index is 1040. The minimum Gasteiger partial charge on any atom is -0.378 e. The fourth-order valence-corrected chi connectivity index (χ4v) is 4.03. The summed E-state index contributed by atoms with van der Waals surface area (Å²) in [6, 6.07) is 5.24. The van der Waals surface area contributed by atoms with E-state index in [1.54, 1.807) is 18.5 Å². The average molecular weight is 407 g/mol. The lowest BCUT2D eigenvalue weighted by Crippen LogP contribution is -2.38. The van der Waals surface area contributed by atoms with Gasteiger partial charge in [0.15, 0.2) is 11.6 Å². The molecule has 0 aromatic carbocycles. The number of pyridine rings is 1. The van der Waals surface area contributed by atoms with Gasteiger partial charge in [0, 0.05) is 68.0 Å². The smallest absolute Gasteiger partial charge is 0.216 e. The lowest BCUT2D eigenvalue weighted by Gasteiger charge is -2.37. The lowest BCUT2D eigenvalue weighted by molar-refractivity contribution is 0.122. The first-order chi connectivity index (χ1) is 14.7. The first-order valence-electron chi connectivity index (χ1n) is 10.1. The molecule has 5 heterocycles. The van der Waals surface area contributed by atoms with Gasteiger partial charge in [-0.3, -0.25) is 0 Å². The van der Waals surface area contributed by atoms with Crippen molar-refractivity contribution in [1.29, 1.82) is 0 Å². The number of fused-ring (bicyclic) bond motifs is 1. The Morgan fingerprint density at radius 2 is 1.80 bits per heavy atom. The van der Waals surface area contributed by atoms with Crippen LogP contribution in [0.25, 0.3) is 11.6 Å². The van der Waals surface area contributed by atoms with Gasteiger partial charge in [0.2, 0.25) is 5.95 Å². The van der Waals surface area contributed by atoms with Crippen LogP contribution < -0.4 is 9.80 Å². The van der Waals surface area contributed by atoms with Crippen LogP contribution in [0.2, 0.25) is 0 Å². The SMILES string of the molecule is CC1c2cnc(-c3ncccn3)nc2CCN1c1cc(F)nc(N2CCOCC2)c1. The molecule has 0 spiro atoms. The quantitative estimate of drug-likeness (QED) is 0.613. The second-order valence-corrected chi connectivity index (χ2v) is 7.39. The molecule has 154 valence electrons. The van der Waals surface area contributed by atoms with E-state index in [4.69, 9.17) is 9.72 Å². The molecular formula is C21H22FN7O. The zero-order chi connectivity index (χ0) is 20.5. The van der Waals surface area contributed by atoms with E-state index in [9.17, 15) is 4.39 Å². The Labute approximate surface area is 173 Å². The van der Waals surface area contributed by atoms with E-state index in [1.165, 1.54) is 6.07 Å². The number of anilines is 2. The fourth-order valence-electron chi connectivity index (χ4n) is 4.03. The van der Waals surface area contributed by atoms with Crippen molar-refractivity contribution in [3.05, 3.63) is 54.0 Å². The van der Waals surface area contributed by atoms with Crippen molar-refractivity contribution in [2.45, 2.75) is 19.4 Å². The van der Waals surface area contributed by atoms with Crippen molar-refractivity contribution in [2.24, 2.45) is 0 Å². The van der Waals surface area contributed by atoms with E-state index >= 15 is 0 Å². The first-order valence-corrected chi connectivity index (χ1v) is 10.1. The molecule has 1 fully saturated rings. The lowest BCUT2D eigenvalue weighted by atomic mass is 9.99. The minimum absolute atomic E-state index is 0.0128. The van der Waals surface area contributed by atoms with E-state index < -0.39 is 5.95 Å². The number of hydrogen-bond acceptors (Lipinski definition) is 8. The molecule has 1 atom stereocenters. The molecule has 3 aromatic heterocycles. The molecule has 0 aliphatic carbocycles. The van der Waals surface area contributed by atoms with Gasteiger partial charge < -0.3 is 14.5 Å². The second kappa shape index (κ2) is 7.91. The van der Waals surface area contributed by atoms with Crippen LogP contribution in [0.15, 0.2) is 36.8 Å². The summed E-state index contributed by atoms with van der Waals surface area (Å²) in [6.07, 6.45) is 5.93. The summed E-state index contributed by atoms with van der Waals surface area (Å²) in [5, 5.41) is 0. The summed E-state index contributed by atoms with van der Waals surface area (Å²) in [5.41, 5.74) is 2.84. The molecule has 8 nitrogen and oxygen atoms in total. The van der Waals surface area contributed by atoms with Gasteiger partial charge in [-0.05, 0) is 13.0 Å². The number of ether oxygens (including phenoxy) is 1. The molecule has 2 aliphatic rings. The van der Waals surface area contributed by atoms with Gasteiger partial charge in [0.1, 0.15) is 5.82 Å². The summed E-state index contributed by atoms with van der Waals surface area (Å²) >= 11 is 0. The van der Waals surface area contributed by atoms with Gasteiger partial charge in [-0.25, -0.2) is 24.9 Å². The summed E-state index contributed by atoms with van der Waals surface area (Å²) in [7, 11) is 0. The molecule has 0 bridgehead atoms. The van der Waals surface area contributed by atoms with Crippen LogP contribution in [0.4, 0.5) is 15.9 Å². The fraction of sp³-hybridized carbons (Fsp3) is 0.381. The zero-order valence-corrected chi connectivity index (χ0v) is 16.7. The van der Waals surface area contributed by atoms with Crippen molar-refractivity contribution in [2.75, 3.05) is 42.6 Å². The van der Waals surface area contributed by atoms with Gasteiger partial charge >= 0.3 is 0 Å². The number of morpholine rings is 1. The Morgan fingerprint density at radius 1 is 1.00 bits per heavy atom. The number of halogens is 1. The Balaban J connectivity index is 1.43. The third-order valence-electron chi connectivity index (χ3n) is 5.60. The van der Waals surface area contributed by atoms with Gasteiger partial charge in [-0.2, -0.15) is 4.39 Å². The summed E-state index contributed by atoms with van der Waals surface area (Å²) < 4.78 is 19.8. The number of nitrogens with zero attached hydrogens (tertiary/aromatic N) is 7. The van der Waals surface area contributed by atoms with Crippen LogP contribution in [-0.2, 0) is 11.2 Å². The second-order valence-electron chi connectivity index (χ2n) is 7.39. The van der Waals surface area contributed by atoms with Crippen molar-refractivity contribution < 1.29 is 9.13 Å². The van der Waals surface area contributed by atoms with Crippen LogP contribution in [0.1, 0.15) is 24.2 Å². The van der Waals surface area contributed by atoms with Crippen molar-refractivity contribution in [3.63, 3.8) is 0 Å².